The standard InChI is InChI=1S/C22H20FNO3S/c1-4-27-22(26)19-18(15-8-10-17(23)11-9-15)14(3)28-21(19)24-20(25)16-7-5-6-13(2)12-16/h5-12H,4H2,1-3H3,(H,24,25). The van der Waals surface area contributed by atoms with Gasteiger partial charge in [0.15, 0.2) is 0 Å². The molecular weight excluding hydrogens is 377 g/mol. The van der Waals surface area contributed by atoms with Crippen LogP contribution in [0.4, 0.5) is 9.39 Å². The highest BCUT2D eigenvalue weighted by Crippen LogP contribution is 2.40. The van der Waals surface area contributed by atoms with Crippen molar-refractivity contribution in [2.24, 2.45) is 0 Å². The fourth-order valence-corrected chi connectivity index (χ4v) is 4.02. The van der Waals surface area contributed by atoms with Crippen molar-refractivity contribution >= 4 is 28.2 Å². The van der Waals surface area contributed by atoms with Gasteiger partial charge in [-0.15, -0.1) is 11.3 Å². The number of aryl methyl sites for hydroxylation is 2. The van der Waals surface area contributed by atoms with E-state index in [9.17, 15) is 14.0 Å². The van der Waals surface area contributed by atoms with Crippen LogP contribution in [-0.4, -0.2) is 18.5 Å². The normalized spacial score (nSPS) is 10.6. The summed E-state index contributed by atoms with van der Waals surface area (Å²) >= 11 is 1.29. The fraction of sp³-hybridized carbons (Fsp3) is 0.182. The van der Waals surface area contributed by atoms with E-state index in [2.05, 4.69) is 5.32 Å². The van der Waals surface area contributed by atoms with Crippen LogP contribution in [0.15, 0.2) is 48.5 Å². The summed E-state index contributed by atoms with van der Waals surface area (Å²) in [7, 11) is 0. The molecular formula is C22H20FNO3S. The summed E-state index contributed by atoms with van der Waals surface area (Å²) in [5.41, 5.74) is 3.09. The predicted octanol–water partition coefficient (Wildman–Crippen LogP) is 5.60. The van der Waals surface area contributed by atoms with Gasteiger partial charge in [-0.05, 0) is 50.6 Å². The van der Waals surface area contributed by atoms with Crippen LogP contribution < -0.4 is 5.32 Å². The van der Waals surface area contributed by atoms with Crippen LogP contribution in [-0.2, 0) is 4.74 Å². The van der Waals surface area contributed by atoms with Gasteiger partial charge in [0, 0.05) is 16.0 Å². The molecule has 0 radical (unpaired) electrons. The lowest BCUT2D eigenvalue weighted by molar-refractivity contribution is 0.0529. The lowest BCUT2D eigenvalue weighted by Gasteiger charge is -2.09. The maximum atomic E-state index is 13.3. The first-order valence-electron chi connectivity index (χ1n) is 8.85. The lowest BCUT2D eigenvalue weighted by atomic mass is 10.0. The largest absolute Gasteiger partial charge is 0.462 e. The minimum atomic E-state index is -0.522. The van der Waals surface area contributed by atoms with Gasteiger partial charge in [-0.25, -0.2) is 9.18 Å². The van der Waals surface area contributed by atoms with Crippen LogP contribution in [0.1, 0.15) is 38.1 Å². The second-order valence-electron chi connectivity index (χ2n) is 6.29. The van der Waals surface area contributed by atoms with E-state index in [1.807, 2.05) is 19.9 Å². The molecule has 0 spiro atoms. The maximum absolute atomic E-state index is 13.3. The van der Waals surface area contributed by atoms with Crippen molar-refractivity contribution in [2.45, 2.75) is 20.8 Å². The summed E-state index contributed by atoms with van der Waals surface area (Å²) < 4.78 is 18.6. The highest BCUT2D eigenvalue weighted by atomic mass is 32.1. The molecule has 0 aliphatic rings. The second kappa shape index (κ2) is 8.35. The first-order valence-corrected chi connectivity index (χ1v) is 9.66. The van der Waals surface area contributed by atoms with Crippen LogP contribution in [0.5, 0.6) is 0 Å². The number of ether oxygens (including phenoxy) is 1. The number of carbonyl (C=O) groups excluding carboxylic acids is 2. The van der Waals surface area contributed by atoms with Crippen molar-refractivity contribution in [1.29, 1.82) is 0 Å². The Morgan fingerprint density at radius 2 is 1.82 bits per heavy atom. The highest BCUT2D eigenvalue weighted by Gasteiger charge is 2.25. The summed E-state index contributed by atoms with van der Waals surface area (Å²) in [6, 6.07) is 13.1. The minimum Gasteiger partial charge on any atom is -0.462 e. The third-order valence-corrected chi connectivity index (χ3v) is 5.22. The third-order valence-electron chi connectivity index (χ3n) is 4.20. The predicted molar refractivity (Wildman–Crippen MR) is 110 cm³/mol. The second-order valence-corrected chi connectivity index (χ2v) is 7.51. The van der Waals surface area contributed by atoms with Crippen LogP contribution in [0, 0.1) is 19.7 Å². The fourth-order valence-electron chi connectivity index (χ4n) is 2.96. The van der Waals surface area contributed by atoms with E-state index in [4.69, 9.17) is 4.74 Å². The third kappa shape index (κ3) is 4.12. The van der Waals surface area contributed by atoms with E-state index in [1.165, 1.54) is 23.5 Å². The molecule has 2 aromatic carbocycles. The molecule has 144 valence electrons. The molecule has 0 saturated heterocycles. The van der Waals surface area contributed by atoms with Crippen LogP contribution in [0.2, 0.25) is 0 Å². The summed E-state index contributed by atoms with van der Waals surface area (Å²) in [6.07, 6.45) is 0. The number of benzene rings is 2. The number of rotatable bonds is 5. The zero-order valence-corrected chi connectivity index (χ0v) is 16.7. The Bertz CT molecular complexity index is 1020. The maximum Gasteiger partial charge on any atom is 0.341 e. The summed E-state index contributed by atoms with van der Waals surface area (Å²) in [4.78, 5) is 26.2. The SMILES string of the molecule is CCOC(=O)c1c(NC(=O)c2cccc(C)c2)sc(C)c1-c1ccc(F)cc1. The van der Waals surface area contributed by atoms with E-state index in [-0.39, 0.29) is 23.9 Å². The zero-order valence-electron chi connectivity index (χ0n) is 15.8. The molecule has 1 aromatic heterocycles. The summed E-state index contributed by atoms with van der Waals surface area (Å²) in [6.45, 7) is 5.69. The topological polar surface area (TPSA) is 55.4 Å². The van der Waals surface area contributed by atoms with E-state index in [1.54, 1.807) is 37.3 Å². The number of nitrogens with one attached hydrogen (secondary N) is 1. The Morgan fingerprint density at radius 3 is 2.46 bits per heavy atom. The number of thiophene rings is 1. The Kier molecular flexibility index (Phi) is 5.90. The molecule has 1 N–H and O–H groups in total. The van der Waals surface area contributed by atoms with Gasteiger partial charge in [0.25, 0.3) is 5.91 Å². The lowest BCUT2D eigenvalue weighted by Crippen LogP contribution is -2.15. The van der Waals surface area contributed by atoms with Gasteiger partial charge in [0.05, 0.1) is 6.61 Å². The van der Waals surface area contributed by atoms with E-state index < -0.39 is 5.97 Å². The van der Waals surface area contributed by atoms with Crippen LogP contribution in [0.25, 0.3) is 11.1 Å². The molecule has 0 aliphatic carbocycles. The van der Waals surface area contributed by atoms with Gasteiger partial charge >= 0.3 is 5.97 Å². The van der Waals surface area contributed by atoms with Crippen molar-refractivity contribution < 1.29 is 18.7 Å². The summed E-state index contributed by atoms with van der Waals surface area (Å²) in [5.74, 6) is -1.19. The van der Waals surface area contributed by atoms with Crippen molar-refractivity contribution in [1.82, 2.24) is 0 Å². The van der Waals surface area contributed by atoms with Crippen molar-refractivity contribution in [3.05, 3.63) is 75.9 Å². The molecule has 0 atom stereocenters. The van der Waals surface area contributed by atoms with Crippen LogP contribution in [0.3, 0.4) is 0 Å². The van der Waals surface area contributed by atoms with E-state index >= 15 is 0 Å². The van der Waals surface area contributed by atoms with Crippen molar-refractivity contribution in [2.75, 3.05) is 11.9 Å². The number of hydrogen-bond acceptors (Lipinski definition) is 4. The molecule has 1 heterocycles. The molecule has 0 fully saturated rings. The summed E-state index contributed by atoms with van der Waals surface area (Å²) in [5, 5.41) is 3.26. The van der Waals surface area contributed by atoms with Gasteiger partial charge < -0.3 is 10.1 Å². The van der Waals surface area contributed by atoms with Gasteiger partial charge in [0.2, 0.25) is 0 Å². The average molecular weight is 397 g/mol. The number of halogens is 1. The monoisotopic (exact) mass is 397 g/mol. The number of amides is 1. The molecule has 3 aromatic rings. The smallest absolute Gasteiger partial charge is 0.341 e. The first kappa shape index (κ1) is 19.8. The molecule has 6 heteroatoms. The Morgan fingerprint density at radius 1 is 1.11 bits per heavy atom. The molecule has 1 amide bonds. The Labute approximate surface area is 167 Å². The quantitative estimate of drug-likeness (QED) is 0.570. The molecule has 28 heavy (non-hydrogen) atoms. The molecule has 0 bridgehead atoms. The van der Waals surface area contributed by atoms with E-state index in [0.717, 1.165) is 10.4 Å². The van der Waals surface area contributed by atoms with Crippen molar-refractivity contribution in [3.63, 3.8) is 0 Å². The average Bonchev–Trinajstić information content (AvgIpc) is 2.98. The first-order chi connectivity index (χ1) is 13.4. The molecule has 0 unspecified atom stereocenters. The van der Waals surface area contributed by atoms with Gasteiger partial charge in [-0.2, -0.15) is 0 Å². The molecule has 0 saturated carbocycles. The van der Waals surface area contributed by atoms with Gasteiger partial charge in [-0.3, -0.25) is 4.79 Å². The molecule has 3 rings (SSSR count). The van der Waals surface area contributed by atoms with Crippen LogP contribution >= 0.6 is 11.3 Å². The highest BCUT2D eigenvalue weighted by molar-refractivity contribution is 7.17. The Balaban J connectivity index is 2.05. The van der Waals surface area contributed by atoms with Crippen molar-refractivity contribution in [3.8, 4) is 11.1 Å². The zero-order chi connectivity index (χ0) is 20.3. The molecule has 0 aliphatic heterocycles. The number of esters is 1. The molecule has 4 nitrogen and oxygen atoms in total. The van der Waals surface area contributed by atoms with Gasteiger partial charge in [0.1, 0.15) is 16.4 Å². The number of hydrogen-bond donors (Lipinski definition) is 1. The number of carbonyl (C=O) groups is 2. The number of anilines is 1. The van der Waals surface area contributed by atoms with E-state index in [0.29, 0.717) is 21.7 Å². The Hall–Kier alpha value is -2.99. The van der Waals surface area contributed by atoms with Gasteiger partial charge in [-0.1, -0.05) is 29.8 Å². The minimum absolute atomic E-state index is 0.210.